The van der Waals surface area contributed by atoms with E-state index in [0.29, 0.717) is 12.5 Å². The second-order valence-corrected chi connectivity index (χ2v) is 4.72. The van der Waals surface area contributed by atoms with Crippen LogP contribution in [0.1, 0.15) is 25.7 Å². The van der Waals surface area contributed by atoms with Gasteiger partial charge in [0.25, 0.3) is 0 Å². The molecule has 2 rings (SSSR count). The van der Waals surface area contributed by atoms with Crippen LogP contribution in [0.2, 0.25) is 0 Å². The van der Waals surface area contributed by atoms with Crippen molar-refractivity contribution >= 4 is 21.8 Å². The second-order valence-electron chi connectivity index (χ2n) is 3.93. The van der Waals surface area contributed by atoms with Gasteiger partial charge in [-0.2, -0.15) is 0 Å². The molecule has 0 saturated heterocycles. The molecule has 2 atom stereocenters. The van der Waals surface area contributed by atoms with Crippen molar-refractivity contribution in [2.45, 2.75) is 31.7 Å². The van der Waals surface area contributed by atoms with E-state index in [2.05, 4.69) is 21.2 Å². The van der Waals surface area contributed by atoms with Gasteiger partial charge in [-0.1, -0.05) is 15.9 Å². The molecule has 2 fully saturated rings. The van der Waals surface area contributed by atoms with E-state index in [-0.39, 0.29) is 5.91 Å². The first-order valence-electron chi connectivity index (χ1n) is 4.65. The van der Waals surface area contributed by atoms with E-state index < -0.39 is 0 Å². The molecule has 2 aliphatic rings. The Bertz CT molecular complexity index is 185. The summed E-state index contributed by atoms with van der Waals surface area (Å²) in [5.74, 6) is 2.12. The molecule has 0 radical (unpaired) electrons. The zero-order valence-electron chi connectivity index (χ0n) is 7.05. The molecule has 2 aliphatic carbocycles. The summed E-state index contributed by atoms with van der Waals surface area (Å²) < 4.78 is 0. The molecule has 68 valence electrons. The fraction of sp³-hybridized carbons (Fsp3) is 0.889. The molecule has 0 aromatic rings. The lowest BCUT2D eigenvalue weighted by Crippen LogP contribution is -2.33. The van der Waals surface area contributed by atoms with Crippen molar-refractivity contribution in [2.24, 2.45) is 11.8 Å². The molecule has 2 unspecified atom stereocenters. The number of fused-ring (bicyclic) bond motifs is 1. The SMILES string of the molecule is O=C(CCBr)NC1CC2CC2C1. The summed E-state index contributed by atoms with van der Waals surface area (Å²) in [7, 11) is 0. The van der Waals surface area contributed by atoms with Crippen molar-refractivity contribution in [1.29, 1.82) is 0 Å². The highest BCUT2D eigenvalue weighted by atomic mass is 79.9. The third-order valence-corrected chi connectivity index (χ3v) is 3.33. The predicted molar refractivity (Wildman–Crippen MR) is 51.2 cm³/mol. The van der Waals surface area contributed by atoms with Crippen LogP contribution in [0.4, 0.5) is 0 Å². The maximum Gasteiger partial charge on any atom is 0.221 e. The highest BCUT2D eigenvalue weighted by molar-refractivity contribution is 9.09. The highest BCUT2D eigenvalue weighted by Gasteiger charge is 2.45. The van der Waals surface area contributed by atoms with E-state index >= 15 is 0 Å². The molecule has 0 aliphatic heterocycles. The molecular weight excluding hydrogens is 218 g/mol. The lowest BCUT2D eigenvalue weighted by atomic mass is 10.1. The monoisotopic (exact) mass is 231 g/mol. The van der Waals surface area contributed by atoms with Crippen LogP contribution in [0.25, 0.3) is 0 Å². The van der Waals surface area contributed by atoms with Crippen LogP contribution < -0.4 is 5.32 Å². The van der Waals surface area contributed by atoms with E-state index in [1.54, 1.807) is 0 Å². The van der Waals surface area contributed by atoms with Crippen LogP contribution in [-0.4, -0.2) is 17.3 Å². The Labute approximate surface area is 81.2 Å². The van der Waals surface area contributed by atoms with Gasteiger partial charge in [0.15, 0.2) is 0 Å². The zero-order valence-corrected chi connectivity index (χ0v) is 8.64. The molecule has 12 heavy (non-hydrogen) atoms. The maximum atomic E-state index is 11.2. The van der Waals surface area contributed by atoms with Crippen molar-refractivity contribution in [2.75, 3.05) is 5.33 Å². The van der Waals surface area contributed by atoms with Gasteiger partial charge in [-0.05, 0) is 31.1 Å². The highest BCUT2D eigenvalue weighted by Crippen LogP contribution is 2.51. The Morgan fingerprint density at radius 2 is 2.00 bits per heavy atom. The van der Waals surface area contributed by atoms with Crippen LogP contribution in [0.3, 0.4) is 0 Å². The number of amides is 1. The molecule has 0 bridgehead atoms. The number of halogens is 1. The minimum Gasteiger partial charge on any atom is -0.353 e. The van der Waals surface area contributed by atoms with E-state index in [4.69, 9.17) is 0 Å². The number of carbonyl (C=O) groups excluding carboxylic acids is 1. The maximum absolute atomic E-state index is 11.2. The number of hydrogen-bond acceptors (Lipinski definition) is 1. The van der Waals surface area contributed by atoms with E-state index in [9.17, 15) is 4.79 Å². The van der Waals surface area contributed by atoms with Crippen LogP contribution >= 0.6 is 15.9 Å². The van der Waals surface area contributed by atoms with Gasteiger partial charge in [0.1, 0.15) is 0 Å². The van der Waals surface area contributed by atoms with Gasteiger partial charge in [0.05, 0.1) is 0 Å². The van der Waals surface area contributed by atoms with Gasteiger partial charge < -0.3 is 5.32 Å². The van der Waals surface area contributed by atoms with Crippen molar-refractivity contribution < 1.29 is 4.79 Å². The Hall–Kier alpha value is -0.0500. The summed E-state index contributed by atoms with van der Waals surface area (Å²) in [6, 6.07) is 0.500. The van der Waals surface area contributed by atoms with Crippen LogP contribution in [0.15, 0.2) is 0 Å². The lowest BCUT2D eigenvalue weighted by Gasteiger charge is -2.13. The summed E-state index contributed by atoms with van der Waals surface area (Å²) >= 11 is 3.26. The first-order chi connectivity index (χ1) is 5.79. The summed E-state index contributed by atoms with van der Waals surface area (Å²) in [6.07, 6.45) is 4.51. The van der Waals surface area contributed by atoms with Gasteiger partial charge in [-0.25, -0.2) is 0 Å². The van der Waals surface area contributed by atoms with Gasteiger partial charge in [0, 0.05) is 17.8 Å². The van der Waals surface area contributed by atoms with E-state index in [0.717, 1.165) is 17.2 Å². The number of nitrogens with one attached hydrogen (secondary N) is 1. The summed E-state index contributed by atoms with van der Waals surface area (Å²) in [4.78, 5) is 11.2. The largest absolute Gasteiger partial charge is 0.353 e. The van der Waals surface area contributed by atoms with E-state index in [1.807, 2.05) is 0 Å². The number of hydrogen-bond donors (Lipinski definition) is 1. The van der Waals surface area contributed by atoms with Crippen LogP contribution in [0.5, 0.6) is 0 Å². The first kappa shape index (κ1) is 8.54. The lowest BCUT2D eigenvalue weighted by molar-refractivity contribution is -0.121. The first-order valence-corrected chi connectivity index (χ1v) is 5.77. The predicted octanol–water partition coefficient (Wildman–Crippen LogP) is 1.69. The second kappa shape index (κ2) is 3.36. The standard InChI is InChI=1S/C9H14BrNO/c10-2-1-9(12)11-8-4-6-3-7(6)5-8/h6-8H,1-5H2,(H,11,12). The number of alkyl halides is 1. The summed E-state index contributed by atoms with van der Waals surface area (Å²) in [5, 5.41) is 3.85. The molecule has 0 spiro atoms. The van der Waals surface area contributed by atoms with Crippen LogP contribution in [-0.2, 0) is 4.79 Å². The Morgan fingerprint density at radius 3 is 2.58 bits per heavy atom. The van der Waals surface area contributed by atoms with Crippen molar-refractivity contribution in [3.63, 3.8) is 0 Å². The average molecular weight is 232 g/mol. The fourth-order valence-corrected chi connectivity index (χ4v) is 2.58. The van der Waals surface area contributed by atoms with Gasteiger partial charge >= 0.3 is 0 Å². The van der Waals surface area contributed by atoms with Crippen molar-refractivity contribution in [3.8, 4) is 0 Å². The van der Waals surface area contributed by atoms with Gasteiger partial charge in [0.2, 0.25) is 5.91 Å². The average Bonchev–Trinajstić information content (AvgIpc) is 2.60. The third-order valence-electron chi connectivity index (χ3n) is 2.93. The molecule has 2 saturated carbocycles. The van der Waals surface area contributed by atoms with Gasteiger partial charge in [-0.3, -0.25) is 4.79 Å². The number of carbonyl (C=O) groups is 1. The molecular formula is C9H14BrNO. The van der Waals surface area contributed by atoms with Gasteiger partial charge in [-0.15, -0.1) is 0 Å². The normalized spacial score (nSPS) is 37.6. The quantitative estimate of drug-likeness (QED) is 0.737. The minimum absolute atomic E-state index is 0.207. The van der Waals surface area contributed by atoms with Crippen molar-refractivity contribution in [1.82, 2.24) is 5.32 Å². The summed E-state index contributed by atoms with van der Waals surface area (Å²) in [6.45, 7) is 0. The molecule has 2 nitrogen and oxygen atoms in total. The Balaban J connectivity index is 1.69. The molecule has 3 heteroatoms. The Morgan fingerprint density at radius 1 is 1.33 bits per heavy atom. The molecule has 1 amide bonds. The Kier molecular flexibility index (Phi) is 2.40. The molecule has 0 heterocycles. The number of rotatable bonds is 3. The summed E-state index contributed by atoms with van der Waals surface area (Å²) in [5.41, 5.74) is 0. The van der Waals surface area contributed by atoms with Crippen LogP contribution in [0, 0.1) is 11.8 Å². The van der Waals surface area contributed by atoms with E-state index in [1.165, 1.54) is 19.3 Å². The fourth-order valence-electron chi connectivity index (χ4n) is 2.22. The van der Waals surface area contributed by atoms with Crippen molar-refractivity contribution in [3.05, 3.63) is 0 Å². The minimum atomic E-state index is 0.207. The molecule has 1 N–H and O–H groups in total. The molecule has 0 aromatic carbocycles. The zero-order chi connectivity index (χ0) is 8.55. The molecule has 0 aromatic heterocycles. The topological polar surface area (TPSA) is 29.1 Å². The smallest absolute Gasteiger partial charge is 0.221 e. The third kappa shape index (κ3) is 1.82.